The van der Waals surface area contributed by atoms with E-state index in [0.717, 1.165) is 18.5 Å². The first-order valence-corrected chi connectivity index (χ1v) is 9.27. The monoisotopic (exact) mass is 397 g/mol. The Morgan fingerprint density at radius 2 is 2.00 bits per heavy atom. The van der Waals surface area contributed by atoms with E-state index in [0.29, 0.717) is 23.0 Å². The number of H-pyrrole nitrogens is 1. The van der Waals surface area contributed by atoms with Crippen LogP contribution in [0, 0.1) is 15.9 Å². The molecule has 150 valence electrons. The van der Waals surface area contributed by atoms with E-state index in [9.17, 15) is 19.6 Å². The smallest absolute Gasteiger partial charge is 0.292 e. The molecule has 0 saturated heterocycles. The van der Waals surface area contributed by atoms with Crippen molar-refractivity contribution in [3.63, 3.8) is 0 Å². The van der Waals surface area contributed by atoms with Crippen molar-refractivity contribution in [2.75, 3.05) is 17.2 Å². The Labute approximate surface area is 165 Å². The molecule has 0 spiro atoms. The molecule has 2 aromatic carbocycles. The number of aromatic amines is 1. The van der Waals surface area contributed by atoms with Gasteiger partial charge in [-0.1, -0.05) is 12.1 Å². The normalized spacial score (nSPS) is 14.4. The lowest BCUT2D eigenvalue weighted by Crippen LogP contribution is -2.15. The predicted octanol–water partition coefficient (Wildman–Crippen LogP) is 4.22. The minimum atomic E-state index is -0.489. The van der Waals surface area contributed by atoms with Crippen molar-refractivity contribution in [1.29, 1.82) is 0 Å². The fraction of sp³-hybridized carbons (Fsp3) is 0.250. The molecule has 1 aromatic heterocycles. The highest BCUT2D eigenvalue weighted by molar-refractivity contribution is 5.73. The SMILES string of the molecule is O=[N+]([O-])c1ccc(NC(CO)c2ccc(F)cc2)cc1Nc1cc(C2CC2)[nH]n1. The van der Waals surface area contributed by atoms with Crippen LogP contribution in [-0.4, -0.2) is 26.8 Å². The second kappa shape index (κ2) is 7.88. The molecule has 29 heavy (non-hydrogen) atoms. The van der Waals surface area contributed by atoms with Crippen LogP contribution in [0.5, 0.6) is 0 Å². The van der Waals surface area contributed by atoms with Gasteiger partial charge in [-0.2, -0.15) is 5.10 Å². The molecule has 1 aliphatic rings. The van der Waals surface area contributed by atoms with Crippen molar-refractivity contribution >= 4 is 22.9 Å². The molecule has 0 amide bonds. The number of halogens is 1. The van der Waals surface area contributed by atoms with Gasteiger partial charge in [0.05, 0.1) is 17.6 Å². The molecule has 3 aromatic rings. The maximum Gasteiger partial charge on any atom is 0.292 e. The molecule has 1 aliphatic carbocycles. The number of aliphatic hydroxyl groups excluding tert-OH is 1. The van der Waals surface area contributed by atoms with E-state index in [4.69, 9.17) is 0 Å². The van der Waals surface area contributed by atoms with E-state index in [1.165, 1.54) is 18.2 Å². The number of rotatable bonds is 8. The highest BCUT2D eigenvalue weighted by atomic mass is 19.1. The lowest BCUT2D eigenvalue weighted by molar-refractivity contribution is -0.383. The highest BCUT2D eigenvalue weighted by Crippen LogP contribution is 2.40. The molecule has 9 heteroatoms. The zero-order valence-corrected chi connectivity index (χ0v) is 15.4. The van der Waals surface area contributed by atoms with E-state index < -0.39 is 11.0 Å². The summed E-state index contributed by atoms with van der Waals surface area (Å²) in [7, 11) is 0. The first-order chi connectivity index (χ1) is 14.0. The van der Waals surface area contributed by atoms with E-state index in [1.807, 2.05) is 6.07 Å². The average molecular weight is 397 g/mol. The van der Waals surface area contributed by atoms with Crippen molar-refractivity contribution < 1.29 is 14.4 Å². The maximum atomic E-state index is 13.2. The van der Waals surface area contributed by atoms with E-state index in [1.54, 1.807) is 24.3 Å². The summed E-state index contributed by atoms with van der Waals surface area (Å²) in [6, 6.07) is 11.7. The Morgan fingerprint density at radius 1 is 1.24 bits per heavy atom. The molecule has 4 N–H and O–H groups in total. The van der Waals surface area contributed by atoms with Crippen LogP contribution in [0.25, 0.3) is 0 Å². The minimum Gasteiger partial charge on any atom is -0.394 e. The van der Waals surface area contributed by atoms with Crippen molar-refractivity contribution in [2.24, 2.45) is 0 Å². The van der Waals surface area contributed by atoms with Crippen LogP contribution < -0.4 is 10.6 Å². The molecule has 0 radical (unpaired) electrons. The number of nitrogens with one attached hydrogen (secondary N) is 3. The maximum absolute atomic E-state index is 13.2. The molecule has 8 nitrogen and oxygen atoms in total. The zero-order chi connectivity index (χ0) is 20.4. The molecule has 4 rings (SSSR count). The zero-order valence-electron chi connectivity index (χ0n) is 15.4. The van der Waals surface area contributed by atoms with Gasteiger partial charge in [0, 0.05) is 29.4 Å². The summed E-state index contributed by atoms with van der Waals surface area (Å²) in [6.07, 6.45) is 2.24. The second-order valence-corrected chi connectivity index (χ2v) is 7.03. The summed E-state index contributed by atoms with van der Waals surface area (Å²) in [6.45, 7) is -0.227. The van der Waals surface area contributed by atoms with Gasteiger partial charge in [-0.05, 0) is 42.7 Å². The van der Waals surface area contributed by atoms with Gasteiger partial charge < -0.3 is 15.7 Å². The van der Waals surface area contributed by atoms with Gasteiger partial charge in [0.2, 0.25) is 0 Å². The first-order valence-electron chi connectivity index (χ1n) is 9.27. The summed E-state index contributed by atoms with van der Waals surface area (Å²) < 4.78 is 13.2. The molecule has 0 bridgehead atoms. The number of nitro groups is 1. The fourth-order valence-electron chi connectivity index (χ4n) is 3.16. The first kappa shape index (κ1) is 18.9. The molecular weight excluding hydrogens is 377 g/mol. The Kier molecular flexibility index (Phi) is 5.13. The van der Waals surface area contributed by atoms with Crippen LogP contribution in [0.15, 0.2) is 48.5 Å². The van der Waals surface area contributed by atoms with E-state index >= 15 is 0 Å². The number of nitrogens with zero attached hydrogens (tertiary/aromatic N) is 2. The van der Waals surface area contributed by atoms with Gasteiger partial charge in [0.1, 0.15) is 11.5 Å². The van der Waals surface area contributed by atoms with Crippen molar-refractivity contribution in [3.8, 4) is 0 Å². The number of anilines is 3. The summed E-state index contributed by atoms with van der Waals surface area (Å²) in [5.41, 5.74) is 2.47. The highest BCUT2D eigenvalue weighted by Gasteiger charge is 2.26. The molecule has 1 saturated carbocycles. The Bertz CT molecular complexity index is 1020. The second-order valence-electron chi connectivity index (χ2n) is 7.03. The Hall–Kier alpha value is -3.46. The van der Waals surface area contributed by atoms with Gasteiger partial charge in [-0.25, -0.2) is 4.39 Å². The Morgan fingerprint density at radius 3 is 2.66 bits per heavy atom. The van der Waals surface area contributed by atoms with Gasteiger partial charge in [0.25, 0.3) is 5.69 Å². The van der Waals surface area contributed by atoms with Gasteiger partial charge in [0.15, 0.2) is 5.82 Å². The standard InChI is InChI=1S/C20H20FN5O3/c21-14-5-3-13(4-6-14)18(11-27)22-15-7-8-19(26(28)29)17(9-15)23-20-10-16(24-25-20)12-1-2-12/h3-10,12,18,22,27H,1-2,11H2,(H2,23,24,25). The lowest BCUT2D eigenvalue weighted by Gasteiger charge is -2.19. The minimum absolute atomic E-state index is 0.0890. The van der Waals surface area contributed by atoms with Gasteiger partial charge >= 0.3 is 0 Å². The third-order valence-electron chi connectivity index (χ3n) is 4.87. The summed E-state index contributed by atoms with van der Waals surface area (Å²) in [5.74, 6) is 0.628. The van der Waals surface area contributed by atoms with Crippen LogP contribution in [0.2, 0.25) is 0 Å². The Balaban J connectivity index is 1.57. The molecular formula is C20H20FN5O3. The summed E-state index contributed by atoms with van der Waals surface area (Å²) in [5, 5.41) is 34.4. The fourth-order valence-corrected chi connectivity index (χ4v) is 3.16. The number of nitro benzene ring substituents is 1. The third-order valence-corrected chi connectivity index (χ3v) is 4.87. The lowest BCUT2D eigenvalue weighted by atomic mass is 10.1. The summed E-state index contributed by atoms with van der Waals surface area (Å²) in [4.78, 5) is 11.0. The predicted molar refractivity (Wildman–Crippen MR) is 107 cm³/mol. The van der Waals surface area contributed by atoms with Crippen LogP contribution >= 0.6 is 0 Å². The van der Waals surface area contributed by atoms with E-state index in [-0.39, 0.29) is 23.8 Å². The van der Waals surface area contributed by atoms with E-state index in [2.05, 4.69) is 20.8 Å². The topological polar surface area (TPSA) is 116 Å². The number of hydrogen-bond acceptors (Lipinski definition) is 6. The van der Waals surface area contributed by atoms with Gasteiger partial charge in [-0.3, -0.25) is 15.2 Å². The molecule has 1 atom stereocenters. The largest absolute Gasteiger partial charge is 0.394 e. The quantitative estimate of drug-likeness (QED) is 0.334. The van der Waals surface area contributed by atoms with Crippen LogP contribution in [-0.2, 0) is 0 Å². The van der Waals surface area contributed by atoms with Crippen LogP contribution in [0.4, 0.5) is 27.3 Å². The van der Waals surface area contributed by atoms with Crippen LogP contribution in [0.3, 0.4) is 0 Å². The average Bonchev–Trinajstić information content (AvgIpc) is 3.46. The number of aliphatic hydroxyl groups is 1. The van der Waals surface area contributed by atoms with Crippen molar-refractivity contribution in [2.45, 2.75) is 24.8 Å². The summed E-state index contributed by atoms with van der Waals surface area (Å²) >= 11 is 0. The van der Waals surface area contributed by atoms with Crippen molar-refractivity contribution in [3.05, 3.63) is 75.7 Å². The number of aromatic nitrogens is 2. The third kappa shape index (κ3) is 4.35. The molecule has 1 unspecified atom stereocenters. The van der Waals surface area contributed by atoms with Gasteiger partial charge in [-0.15, -0.1) is 0 Å². The molecule has 1 fully saturated rings. The van der Waals surface area contributed by atoms with Crippen LogP contribution in [0.1, 0.15) is 36.1 Å². The number of benzene rings is 2. The molecule has 0 aliphatic heterocycles. The number of hydrogen-bond donors (Lipinski definition) is 4. The van der Waals surface area contributed by atoms with Crippen molar-refractivity contribution in [1.82, 2.24) is 10.2 Å². The molecule has 1 heterocycles.